The Bertz CT molecular complexity index is 1190. The van der Waals surface area contributed by atoms with Crippen molar-refractivity contribution in [2.45, 2.75) is 26.0 Å². The average molecular weight is 414 g/mol. The number of halogens is 1. The highest BCUT2D eigenvalue weighted by molar-refractivity contribution is 6.30. The van der Waals surface area contributed by atoms with Crippen LogP contribution in [0.15, 0.2) is 62.3 Å². The third kappa shape index (κ3) is 4.38. The van der Waals surface area contributed by atoms with Crippen molar-refractivity contribution in [2.75, 3.05) is 0 Å². The summed E-state index contributed by atoms with van der Waals surface area (Å²) in [5.74, 6) is -0.281. The van der Waals surface area contributed by atoms with E-state index in [0.29, 0.717) is 34.9 Å². The number of oxazole rings is 1. The second kappa shape index (κ2) is 8.32. The molecule has 0 aliphatic carbocycles. The number of nitrogens with zero attached hydrogens (tertiary/aromatic N) is 3. The molecule has 29 heavy (non-hydrogen) atoms. The highest BCUT2D eigenvalue weighted by Crippen LogP contribution is 2.19. The molecule has 0 spiro atoms. The van der Waals surface area contributed by atoms with Gasteiger partial charge in [0.15, 0.2) is 12.2 Å². The lowest BCUT2D eigenvalue weighted by atomic mass is 10.2. The maximum Gasteiger partial charge on any atom is 0.419 e. The van der Waals surface area contributed by atoms with Crippen LogP contribution in [0, 0.1) is 0 Å². The van der Waals surface area contributed by atoms with Gasteiger partial charge in [-0.2, -0.15) is 4.98 Å². The van der Waals surface area contributed by atoms with Gasteiger partial charge in [0, 0.05) is 23.6 Å². The third-order valence-corrected chi connectivity index (χ3v) is 4.52. The minimum absolute atomic E-state index is 0.117. The van der Waals surface area contributed by atoms with Crippen LogP contribution in [0.4, 0.5) is 0 Å². The zero-order valence-electron chi connectivity index (χ0n) is 15.2. The Kier molecular flexibility index (Phi) is 5.44. The number of carbonyl (C=O) groups excluding carboxylic acids is 1. The summed E-state index contributed by atoms with van der Waals surface area (Å²) in [6, 6.07) is 14.1. The van der Waals surface area contributed by atoms with E-state index in [-0.39, 0.29) is 18.9 Å². The van der Waals surface area contributed by atoms with Gasteiger partial charge in [-0.15, -0.1) is 0 Å². The van der Waals surface area contributed by atoms with E-state index >= 15 is 0 Å². The fraction of sp³-hybridized carbons (Fsp3) is 0.200. The lowest BCUT2D eigenvalue weighted by molar-refractivity contribution is -0.145. The molecule has 0 amide bonds. The number of ether oxygens (including phenoxy) is 1. The van der Waals surface area contributed by atoms with Gasteiger partial charge in [-0.05, 0) is 42.8 Å². The summed E-state index contributed by atoms with van der Waals surface area (Å²) in [5.41, 5.74) is 1.97. The van der Waals surface area contributed by atoms with Crippen LogP contribution in [-0.2, 0) is 22.7 Å². The number of para-hydroxylation sites is 2. The van der Waals surface area contributed by atoms with Gasteiger partial charge in [-0.3, -0.25) is 9.36 Å². The summed E-state index contributed by atoms with van der Waals surface area (Å²) < 4.78 is 16.9. The molecule has 0 bridgehead atoms. The van der Waals surface area contributed by atoms with Gasteiger partial charge in [-0.1, -0.05) is 28.9 Å². The number of rotatable bonds is 7. The molecule has 0 atom stereocenters. The van der Waals surface area contributed by atoms with Crippen molar-refractivity contribution < 1.29 is 18.5 Å². The van der Waals surface area contributed by atoms with E-state index in [4.69, 9.17) is 25.3 Å². The zero-order valence-corrected chi connectivity index (χ0v) is 16.0. The number of fused-ring (bicyclic) bond motifs is 1. The Morgan fingerprint density at radius 3 is 2.76 bits per heavy atom. The van der Waals surface area contributed by atoms with Gasteiger partial charge >= 0.3 is 11.7 Å². The van der Waals surface area contributed by atoms with Gasteiger partial charge in [0.2, 0.25) is 5.82 Å². The minimum atomic E-state index is -0.444. The molecule has 0 radical (unpaired) electrons. The van der Waals surface area contributed by atoms with E-state index in [1.165, 1.54) is 4.57 Å². The summed E-state index contributed by atoms with van der Waals surface area (Å²) in [6.45, 7) is 0.236. The molecule has 0 aliphatic heterocycles. The molecule has 8 nitrogen and oxygen atoms in total. The maximum atomic E-state index is 12.0. The van der Waals surface area contributed by atoms with Crippen LogP contribution in [0.3, 0.4) is 0 Å². The Balaban J connectivity index is 1.28. The van der Waals surface area contributed by atoms with E-state index in [1.54, 1.807) is 42.5 Å². The van der Waals surface area contributed by atoms with E-state index in [0.717, 1.165) is 5.56 Å². The first kappa shape index (κ1) is 18.9. The maximum absolute atomic E-state index is 12.0. The molecule has 2 heterocycles. The van der Waals surface area contributed by atoms with Crippen LogP contribution in [0.1, 0.15) is 18.7 Å². The summed E-state index contributed by atoms with van der Waals surface area (Å²) in [6.07, 6.45) is 0.576. The smallest absolute Gasteiger partial charge is 0.419 e. The first-order valence-electron chi connectivity index (χ1n) is 8.93. The van der Waals surface area contributed by atoms with Crippen molar-refractivity contribution in [1.82, 2.24) is 14.7 Å². The largest absolute Gasteiger partial charge is 0.456 e. The molecule has 9 heteroatoms. The summed E-state index contributed by atoms with van der Waals surface area (Å²) in [4.78, 5) is 28.1. The molecule has 0 fully saturated rings. The Labute approximate surface area is 169 Å². The quantitative estimate of drug-likeness (QED) is 0.424. The first-order valence-corrected chi connectivity index (χ1v) is 9.30. The molecule has 2 aromatic heterocycles. The molecule has 0 saturated heterocycles. The number of hydrogen-bond donors (Lipinski definition) is 0. The van der Waals surface area contributed by atoms with Crippen LogP contribution in [0.25, 0.3) is 22.5 Å². The number of aromatic nitrogens is 3. The molecule has 148 valence electrons. The number of carbonyl (C=O) groups is 1. The van der Waals surface area contributed by atoms with Crippen molar-refractivity contribution in [2.24, 2.45) is 0 Å². The van der Waals surface area contributed by atoms with E-state index in [1.807, 2.05) is 6.07 Å². The van der Waals surface area contributed by atoms with Crippen LogP contribution < -0.4 is 5.76 Å². The molecule has 0 unspecified atom stereocenters. The zero-order chi connectivity index (χ0) is 20.2. The van der Waals surface area contributed by atoms with Gasteiger partial charge in [0.25, 0.3) is 5.89 Å². The molecule has 2 aromatic carbocycles. The second-order valence-electron chi connectivity index (χ2n) is 6.27. The highest BCUT2D eigenvalue weighted by atomic mass is 35.5. The molecule has 4 rings (SSSR count). The standard InChI is InChI=1S/C20H16ClN3O5/c21-14-9-7-13(8-10-14)19-22-17(29-23-19)12-27-18(25)6-3-11-24-15-4-1-2-5-16(15)28-20(24)26/h1-2,4-5,7-10H,3,6,11-12H2. The second-order valence-corrected chi connectivity index (χ2v) is 6.71. The third-order valence-electron chi connectivity index (χ3n) is 4.26. The number of esters is 1. The predicted molar refractivity (Wildman–Crippen MR) is 104 cm³/mol. The molecule has 4 aromatic rings. The topological polar surface area (TPSA) is 100 Å². The monoisotopic (exact) mass is 413 g/mol. The van der Waals surface area contributed by atoms with Gasteiger partial charge in [-0.25, -0.2) is 4.79 Å². The minimum Gasteiger partial charge on any atom is -0.456 e. The highest BCUT2D eigenvalue weighted by Gasteiger charge is 2.12. The fourth-order valence-corrected chi connectivity index (χ4v) is 2.98. The van der Waals surface area contributed by atoms with Crippen molar-refractivity contribution in [3.05, 3.63) is 70.0 Å². The average Bonchev–Trinajstić information content (AvgIpc) is 3.32. The number of hydrogen-bond acceptors (Lipinski definition) is 7. The Morgan fingerprint density at radius 1 is 1.14 bits per heavy atom. The lowest BCUT2D eigenvalue weighted by Gasteiger charge is -2.03. The van der Waals surface area contributed by atoms with E-state index in [2.05, 4.69) is 10.1 Å². The Morgan fingerprint density at radius 2 is 1.93 bits per heavy atom. The predicted octanol–water partition coefficient (Wildman–Crippen LogP) is 3.82. The SMILES string of the molecule is O=C(CCCn1c(=O)oc2ccccc21)OCc1nc(-c2ccc(Cl)cc2)no1. The summed E-state index contributed by atoms with van der Waals surface area (Å²) >= 11 is 5.85. The van der Waals surface area contributed by atoms with Crippen LogP contribution in [0.2, 0.25) is 5.02 Å². The first-order chi connectivity index (χ1) is 14.1. The van der Waals surface area contributed by atoms with Crippen LogP contribution in [0.5, 0.6) is 0 Å². The lowest BCUT2D eigenvalue weighted by Crippen LogP contribution is -2.15. The fourth-order valence-electron chi connectivity index (χ4n) is 2.85. The van der Waals surface area contributed by atoms with Crippen LogP contribution in [-0.4, -0.2) is 20.7 Å². The van der Waals surface area contributed by atoms with E-state index < -0.39 is 11.7 Å². The Hall–Kier alpha value is -3.39. The molecule has 0 N–H and O–H groups in total. The van der Waals surface area contributed by atoms with Crippen molar-refractivity contribution >= 4 is 28.7 Å². The van der Waals surface area contributed by atoms with Gasteiger partial charge in [0.1, 0.15) is 0 Å². The van der Waals surface area contributed by atoms with Crippen molar-refractivity contribution in [1.29, 1.82) is 0 Å². The van der Waals surface area contributed by atoms with Crippen molar-refractivity contribution in [3.63, 3.8) is 0 Å². The van der Waals surface area contributed by atoms with Crippen molar-refractivity contribution in [3.8, 4) is 11.4 Å². The normalized spacial score (nSPS) is 11.1. The molecular formula is C20H16ClN3O5. The van der Waals surface area contributed by atoms with Gasteiger partial charge in [0.05, 0.1) is 5.52 Å². The number of benzene rings is 2. The van der Waals surface area contributed by atoms with Crippen LogP contribution >= 0.6 is 11.6 Å². The molecule has 0 saturated carbocycles. The molecular weight excluding hydrogens is 398 g/mol. The summed E-state index contributed by atoms with van der Waals surface area (Å²) in [7, 11) is 0. The summed E-state index contributed by atoms with van der Waals surface area (Å²) in [5, 5.41) is 4.47. The molecule has 0 aliphatic rings. The van der Waals surface area contributed by atoms with E-state index in [9.17, 15) is 9.59 Å². The number of aryl methyl sites for hydroxylation is 1. The van der Waals surface area contributed by atoms with Gasteiger partial charge < -0.3 is 13.7 Å².